The SMILES string of the molecule is N#CC1(C(F)(F)F)CSC2(C3CC4CC(C3)CC2C4)C1(C#N)C(F)(F)F. The van der Waals surface area contributed by atoms with Crippen LogP contribution in [0.5, 0.6) is 0 Å². The Morgan fingerprint density at radius 1 is 0.769 bits per heavy atom. The van der Waals surface area contributed by atoms with Gasteiger partial charge >= 0.3 is 12.4 Å². The summed E-state index contributed by atoms with van der Waals surface area (Å²) < 4.78 is 83.1. The maximum absolute atomic E-state index is 14.4. The Morgan fingerprint density at radius 3 is 1.62 bits per heavy atom. The lowest BCUT2D eigenvalue weighted by molar-refractivity contribution is -0.316. The summed E-state index contributed by atoms with van der Waals surface area (Å²) in [5.74, 6) is -1.75. The van der Waals surface area contributed by atoms with Crippen LogP contribution in [-0.4, -0.2) is 22.9 Å². The van der Waals surface area contributed by atoms with E-state index in [0.717, 1.165) is 18.6 Å². The van der Waals surface area contributed by atoms with Crippen molar-refractivity contribution in [1.29, 1.82) is 10.5 Å². The van der Waals surface area contributed by atoms with Crippen molar-refractivity contribution in [1.82, 2.24) is 0 Å². The first kappa shape index (κ1) is 18.3. The fourth-order valence-electron chi connectivity index (χ4n) is 6.69. The van der Waals surface area contributed by atoms with Gasteiger partial charge in [0, 0.05) is 5.75 Å². The molecule has 4 aliphatic carbocycles. The topological polar surface area (TPSA) is 47.6 Å². The lowest BCUT2D eigenvalue weighted by atomic mass is 9.42. The molecular formula is C17H16F6N2S. The van der Waals surface area contributed by atoms with Crippen LogP contribution in [0.25, 0.3) is 0 Å². The predicted molar refractivity (Wildman–Crippen MR) is 80.4 cm³/mol. The molecule has 26 heavy (non-hydrogen) atoms. The largest absolute Gasteiger partial charge is 0.410 e. The maximum Gasteiger partial charge on any atom is 0.410 e. The van der Waals surface area contributed by atoms with E-state index in [1.165, 1.54) is 0 Å². The first-order valence-corrected chi connectivity index (χ1v) is 9.57. The summed E-state index contributed by atoms with van der Waals surface area (Å²) in [5, 5.41) is 19.1. The summed E-state index contributed by atoms with van der Waals surface area (Å²) in [7, 11) is 0. The number of hydrogen-bond donors (Lipinski definition) is 0. The number of nitrogens with zero attached hydrogens (tertiary/aromatic N) is 2. The zero-order valence-electron chi connectivity index (χ0n) is 13.6. The summed E-state index contributed by atoms with van der Waals surface area (Å²) in [6.07, 6.45) is -8.23. The molecule has 2 unspecified atom stereocenters. The minimum absolute atomic E-state index is 0.233. The predicted octanol–water partition coefficient (Wildman–Crippen LogP) is 5.07. The number of hydrogen-bond acceptors (Lipinski definition) is 3. The highest BCUT2D eigenvalue weighted by Gasteiger charge is 2.90. The highest BCUT2D eigenvalue weighted by atomic mass is 32.2. The number of rotatable bonds is 0. The van der Waals surface area contributed by atoms with E-state index in [1.54, 1.807) is 0 Å². The van der Waals surface area contributed by atoms with Gasteiger partial charge in [-0.2, -0.15) is 48.6 Å². The van der Waals surface area contributed by atoms with Crippen molar-refractivity contribution < 1.29 is 26.3 Å². The number of thioether (sulfide) groups is 1. The molecule has 1 aliphatic heterocycles. The molecule has 2 nitrogen and oxygen atoms in total. The van der Waals surface area contributed by atoms with Gasteiger partial charge in [-0.3, -0.25) is 0 Å². The van der Waals surface area contributed by atoms with Crippen LogP contribution in [-0.2, 0) is 0 Å². The molecule has 0 radical (unpaired) electrons. The first-order chi connectivity index (χ1) is 12.0. The van der Waals surface area contributed by atoms with Gasteiger partial charge in [-0.15, -0.1) is 0 Å². The monoisotopic (exact) mass is 394 g/mol. The van der Waals surface area contributed by atoms with E-state index in [9.17, 15) is 36.9 Å². The summed E-state index contributed by atoms with van der Waals surface area (Å²) in [6.45, 7) is 0. The van der Waals surface area contributed by atoms with Crippen molar-refractivity contribution >= 4 is 11.8 Å². The lowest BCUT2D eigenvalue weighted by Gasteiger charge is -2.64. The molecule has 142 valence electrons. The zero-order chi connectivity index (χ0) is 19.2. The van der Waals surface area contributed by atoms with Crippen molar-refractivity contribution in [3.63, 3.8) is 0 Å². The molecule has 0 amide bonds. The van der Waals surface area contributed by atoms with E-state index >= 15 is 0 Å². The van der Waals surface area contributed by atoms with Crippen LogP contribution in [0.15, 0.2) is 0 Å². The van der Waals surface area contributed by atoms with Crippen LogP contribution in [0.2, 0.25) is 0 Å². The highest BCUT2D eigenvalue weighted by Crippen LogP contribution is 2.80. The second-order valence-electron chi connectivity index (χ2n) is 8.26. The van der Waals surface area contributed by atoms with E-state index in [0.29, 0.717) is 37.4 Å². The summed E-state index contributed by atoms with van der Waals surface area (Å²) >= 11 is 0.612. The lowest BCUT2D eigenvalue weighted by Crippen LogP contribution is -2.71. The molecular weight excluding hydrogens is 378 g/mol. The Kier molecular flexibility index (Phi) is 3.54. The van der Waals surface area contributed by atoms with Gasteiger partial charge in [0.15, 0.2) is 10.8 Å². The fourth-order valence-corrected chi connectivity index (χ4v) is 9.00. The van der Waals surface area contributed by atoms with E-state index in [2.05, 4.69) is 0 Å². The smallest absolute Gasteiger partial charge is 0.197 e. The van der Waals surface area contributed by atoms with Crippen LogP contribution >= 0.6 is 11.8 Å². The Bertz CT molecular complexity index is 689. The standard InChI is InChI=1S/C17H16F6N2S/c18-16(19,20)13(6-24)8-26-15(14(13,7-25)17(21,22)23)11-2-9-1-10(4-11)5-12(15)3-9/h9-12H,1-5,8H2. The molecule has 4 bridgehead atoms. The second-order valence-corrected chi connectivity index (χ2v) is 9.51. The number of halogens is 6. The zero-order valence-corrected chi connectivity index (χ0v) is 14.4. The molecule has 1 heterocycles. The minimum Gasteiger partial charge on any atom is -0.197 e. The molecule has 0 aromatic rings. The Balaban J connectivity index is 2.01. The quantitative estimate of drug-likeness (QED) is 0.539. The summed E-state index contributed by atoms with van der Waals surface area (Å²) in [6, 6.07) is 2.06. The van der Waals surface area contributed by atoms with Crippen molar-refractivity contribution in [3.05, 3.63) is 0 Å². The van der Waals surface area contributed by atoms with Gasteiger partial charge in [0.2, 0.25) is 0 Å². The molecule has 0 N–H and O–H groups in total. The van der Waals surface area contributed by atoms with Crippen LogP contribution in [0.1, 0.15) is 32.1 Å². The normalized spacial score (nSPS) is 50.0. The third-order valence-electron chi connectivity index (χ3n) is 7.37. The van der Waals surface area contributed by atoms with Crippen molar-refractivity contribution in [2.45, 2.75) is 49.2 Å². The number of alkyl halides is 6. The Morgan fingerprint density at radius 2 is 1.27 bits per heavy atom. The number of nitriles is 2. The van der Waals surface area contributed by atoms with Crippen LogP contribution in [0.4, 0.5) is 26.3 Å². The van der Waals surface area contributed by atoms with Gasteiger partial charge in [-0.25, -0.2) is 0 Å². The third-order valence-corrected chi connectivity index (χ3v) is 9.40. The first-order valence-electron chi connectivity index (χ1n) is 8.59. The van der Waals surface area contributed by atoms with E-state index in [4.69, 9.17) is 0 Å². The molecule has 0 aromatic heterocycles. The van der Waals surface area contributed by atoms with Gasteiger partial charge in [0.1, 0.15) is 0 Å². The fraction of sp³-hybridized carbons (Fsp3) is 0.882. The van der Waals surface area contributed by atoms with E-state index < -0.39 is 45.5 Å². The summed E-state index contributed by atoms with van der Waals surface area (Å²) in [4.78, 5) is 0. The maximum atomic E-state index is 14.4. The second kappa shape index (κ2) is 5.04. The Labute approximate surface area is 150 Å². The molecule has 0 aromatic carbocycles. The average Bonchev–Trinajstić information content (AvgIpc) is 2.84. The van der Waals surface area contributed by atoms with Crippen molar-refractivity contribution in [3.8, 4) is 12.1 Å². The van der Waals surface area contributed by atoms with Crippen molar-refractivity contribution in [2.75, 3.05) is 5.75 Å². The van der Waals surface area contributed by atoms with Gasteiger partial charge in [0.05, 0.1) is 16.9 Å². The molecule has 2 atom stereocenters. The van der Waals surface area contributed by atoms with E-state index in [1.807, 2.05) is 0 Å². The molecule has 4 saturated carbocycles. The molecule has 9 heteroatoms. The molecule has 5 rings (SSSR count). The van der Waals surface area contributed by atoms with Crippen LogP contribution in [0.3, 0.4) is 0 Å². The average molecular weight is 394 g/mol. The minimum atomic E-state index is -5.44. The molecule has 5 fully saturated rings. The molecule has 1 saturated heterocycles. The molecule has 1 spiro atoms. The van der Waals surface area contributed by atoms with Gasteiger partial charge in [-0.1, -0.05) is 0 Å². The third kappa shape index (κ3) is 1.72. The van der Waals surface area contributed by atoms with Gasteiger partial charge < -0.3 is 0 Å². The van der Waals surface area contributed by atoms with Crippen LogP contribution in [0, 0.1) is 57.2 Å². The summed E-state index contributed by atoms with van der Waals surface area (Å²) in [5.41, 5.74) is -7.46. The van der Waals surface area contributed by atoms with Gasteiger partial charge in [0.25, 0.3) is 0 Å². The van der Waals surface area contributed by atoms with E-state index in [-0.39, 0.29) is 11.8 Å². The van der Waals surface area contributed by atoms with Gasteiger partial charge in [-0.05, 0) is 55.8 Å². The van der Waals surface area contributed by atoms with Crippen LogP contribution < -0.4 is 0 Å². The van der Waals surface area contributed by atoms with Crippen molar-refractivity contribution in [2.24, 2.45) is 34.5 Å². The Hall–Kier alpha value is -1.09. The highest BCUT2D eigenvalue weighted by molar-refractivity contribution is 8.01. The molecule has 5 aliphatic rings.